The van der Waals surface area contributed by atoms with Gasteiger partial charge in [-0.15, -0.1) is 0 Å². The summed E-state index contributed by atoms with van der Waals surface area (Å²) in [5, 5.41) is 3.15. The number of amides is 2. The van der Waals surface area contributed by atoms with Crippen LogP contribution in [0.15, 0.2) is 54.7 Å². The Morgan fingerprint density at radius 2 is 1.84 bits per heavy atom. The van der Waals surface area contributed by atoms with Gasteiger partial charge in [0.15, 0.2) is 0 Å². The summed E-state index contributed by atoms with van der Waals surface area (Å²) in [6.45, 7) is 1.81. The van der Waals surface area contributed by atoms with Gasteiger partial charge >= 0.3 is 0 Å². The Bertz CT molecular complexity index is 1100. The molecule has 3 N–H and O–H groups in total. The molecule has 0 spiro atoms. The number of aromatic nitrogens is 2. The summed E-state index contributed by atoms with van der Waals surface area (Å²) >= 11 is 0. The highest BCUT2D eigenvalue weighted by Gasteiger charge is 2.17. The van der Waals surface area contributed by atoms with E-state index in [9.17, 15) is 14.0 Å². The number of benzene rings is 1. The number of rotatable bonds is 7. The van der Waals surface area contributed by atoms with Gasteiger partial charge in [0, 0.05) is 44.2 Å². The molecule has 0 aliphatic heterocycles. The second-order valence-electron chi connectivity index (χ2n) is 6.81. The Labute approximate surface area is 179 Å². The molecular formula is C22H23FN6O2. The second kappa shape index (κ2) is 9.21. The molecule has 2 heterocycles. The van der Waals surface area contributed by atoms with Gasteiger partial charge in [-0.1, -0.05) is 13.0 Å². The molecule has 160 valence electrons. The molecule has 9 heteroatoms. The molecule has 31 heavy (non-hydrogen) atoms. The van der Waals surface area contributed by atoms with Gasteiger partial charge in [0.05, 0.1) is 11.3 Å². The molecule has 0 aliphatic carbocycles. The maximum absolute atomic E-state index is 13.6. The quantitative estimate of drug-likeness (QED) is 0.564. The van der Waals surface area contributed by atoms with Crippen molar-refractivity contribution < 1.29 is 14.0 Å². The standard InChI is InChI=1S/C22H23FN6O2/c1-4-21(30)28(2)15-10-8-14(9-11-15)26-19-12-17(16(13-25-19)22(24)31)29(3)20-7-5-6-18(23)27-20/h5-13H,4H2,1-3H3,(H2,24,31)(H,25,26). The van der Waals surface area contributed by atoms with Gasteiger partial charge in [0.1, 0.15) is 11.6 Å². The van der Waals surface area contributed by atoms with E-state index in [1.54, 1.807) is 36.0 Å². The number of nitrogens with zero attached hydrogens (tertiary/aromatic N) is 4. The Morgan fingerprint density at radius 3 is 2.45 bits per heavy atom. The molecule has 0 atom stereocenters. The molecule has 8 nitrogen and oxygen atoms in total. The van der Waals surface area contributed by atoms with Gasteiger partial charge in [0.25, 0.3) is 5.91 Å². The van der Waals surface area contributed by atoms with Gasteiger partial charge in [-0.2, -0.15) is 4.39 Å². The first-order chi connectivity index (χ1) is 14.8. The normalized spacial score (nSPS) is 10.5. The fraction of sp³-hybridized carbons (Fsp3) is 0.182. The summed E-state index contributed by atoms with van der Waals surface area (Å²) in [5.41, 5.74) is 7.59. The predicted molar refractivity (Wildman–Crippen MR) is 118 cm³/mol. The van der Waals surface area contributed by atoms with Crippen LogP contribution in [0.2, 0.25) is 0 Å². The zero-order valence-electron chi connectivity index (χ0n) is 17.5. The van der Waals surface area contributed by atoms with Crippen molar-refractivity contribution in [2.45, 2.75) is 13.3 Å². The van der Waals surface area contributed by atoms with Crippen LogP contribution in [0.4, 0.5) is 33.1 Å². The summed E-state index contributed by atoms with van der Waals surface area (Å²) in [6.07, 6.45) is 1.78. The first-order valence-electron chi connectivity index (χ1n) is 9.60. The zero-order valence-corrected chi connectivity index (χ0v) is 17.5. The largest absolute Gasteiger partial charge is 0.365 e. The fourth-order valence-corrected chi connectivity index (χ4v) is 2.99. The molecule has 0 saturated carbocycles. The van der Waals surface area contributed by atoms with Crippen molar-refractivity contribution in [2.24, 2.45) is 5.73 Å². The third-order valence-corrected chi connectivity index (χ3v) is 4.76. The van der Waals surface area contributed by atoms with Gasteiger partial charge in [-0.3, -0.25) is 9.59 Å². The highest BCUT2D eigenvalue weighted by Crippen LogP contribution is 2.29. The minimum absolute atomic E-state index is 0.0167. The number of hydrogen-bond acceptors (Lipinski definition) is 6. The van der Waals surface area contributed by atoms with Gasteiger partial charge in [0.2, 0.25) is 11.9 Å². The molecule has 3 rings (SSSR count). The molecule has 0 unspecified atom stereocenters. The topological polar surface area (TPSA) is 104 Å². The molecule has 2 aromatic heterocycles. The van der Waals surface area contributed by atoms with E-state index in [2.05, 4.69) is 15.3 Å². The maximum atomic E-state index is 13.6. The summed E-state index contributed by atoms with van der Waals surface area (Å²) in [5.74, 6) is -0.515. The van der Waals surface area contributed by atoms with Crippen LogP contribution >= 0.6 is 0 Å². The number of nitrogens with two attached hydrogens (primary N) is 1. The molecule has 2 amide bonds. The minimum Gasteiger partial charge on any atom is -0.365 e. The van der Waals surface area contributed by atoms with E-state index in [1.807, 2.05) is 31.2 Å². The molecule has 0 bridgehead atoms. The molecule has 0 fully saturated rings. The Kier molecular flexibility index (Phi) is 6.44. The van der Waals surface area contributed by atoms with Gasteiger partial charge < -0.3 is 20.9 Å². The van der Waals surface area contributed by atoms with Crippen LogP contribution in [0.1, 0.15) is 23.7 Å². The predicted octanol–water partition coefficient (Wildman–Crippen LogP) is 3.60. The highest BCUT2D eigenvalue weighted by molar-refractivity contribution is 5.99. The number of primary amides is 1. The van der Waals surface area contributed by atoms with E-state index in [4.69, 9.17) is 5.73 Å². The summed E-state index contributed by atoms with van der Waals surface area (Å²) < 4.78 is 13.6. The van der Waals surface area contributed by atoms with Crippen LogP contribution in [-0.4, -0.2) is 35.9 Å². The van der Waals surface area contributed by atoms with E-state index in [1.165, 1.54) is 18.3 Å². The van der Waals surface area contributed by atoms with Crippen molar-refractivity contribution in [3.63, 3.8) is 0 Å². The lowest BCUT2D eigenvalue weighted by atomic mass is 10.2. The smallest absolute Gasteiger partial charge is 0.252 e. The van der Waals surface area contributed by atoms with E-state index < -0.39 is 11.9 Å². The van der Waals surface area contributed by atoms with Crippen LogP contribution in [0.25, 0.3) is 0 Å². The number of hydrogen-bond donors (Lipinski definition) is 2. The average Bonchev–Trinajstić information content (AvgIpc) is 2.77. The van der Waals surface area contributed by atoms with Gasteiger partial charge in [-0.05, 0) is 36.4 Å². The highest BCUT2D eigenvalue weighted by atomic mass is 19.1. The van der Waals surface area contributed by atoms with Crippen molar-refractivity contribution in [3.05, 3.63) is 66.2 Å². The zero-order chi connectivity index (χ0) is 22.5. The van der Waals surface area contributed by atoms with Crippen LogP contribution in [0.3, 0.4) is 0 Å². The molecule has 3 aromatic rings. The lowest BCUT2D eigenvalue weighted by molar-refractivity contribution is -0.118. The SMILES string of the molecule is CCC(=O)N(C)c1ccc(Nc2cc(N(C)c3cccc(F)n3)c(C(N)=O)cn2)cc1. The minimum atomic E-state index is -0.662. The summed E-state index contributed by atoms with van der Waals surface area (Å²) in [4.78, 5) is 35.0. The van der Waals surface area contributed by atoms with Crippen LogP contribution < -0.4 is 20.9 Å². The third-order valence-electron chi connectivity index (χ3n) is 4.76. The Morgan fingerprint density at radius 1 is 1.13 bits per heavy atom. The van der Waals surface area contributed by atoms with E-state index in [0.717, 1.165) is 11.4 Å². The van der Waals surface area contributed by atoms with Crippen molar-refractivity contribution in [2.75, 3.05) is 29.2 Å². The molecule has 0 aliphatic rings. The average molecular weight is 422 g/mol. The van der Waals surface area contributed by atoms with Crippen molar-refractivity contribution in [1.82, 2.24) is 9.97 Å². The lowest BCUT2D eigenvalue weighted by Gasteiger charge is -2.21. The van der Waals surface area contributed by atoms with Crippen molar-refractivity contribution in [3.8, 4) is 0 Å². The Hall–Kier alpha value is -4.01. The number of halogens is 1. The molecule has 1 aromatic carbocycles. The Balaban J connectivity index is 1.88. The monoisotopic (exact) mass is 422 g/mol. The molecule has 0 radical (unpaired) electrons. The summed E-state index contributed by atoms with van der Waals surface area (Å²) in [6, 6.07) is 13.3. The number of pyridine rings is 2. The molecular weight excluding hydrogens is 399 g/mol. The third kappa shape index (κ3) is 4.95. The van der Waals surface area contributed by atoms with Crippen LogP contribution in [0.5, 0.6) is 0 Å². The lowest BCUT2D eigenvalue weighted by Crippen LogP contribution is -2.24. The van der Waals surface area contributed by atoms with Gasteiger partial charge in [-0.25, -0.2) is 9.97 Å². The fourth-order valence-electron chi connectivity index (χ4n) is 2.99. The van der Waals surface area contributed by atoms with Crippen molar-refractivity contribution in [1.29, 1.82) is 0 Å². The first-order valence-corrected chi connectivity index (χ1v) is 9.60. The number of nitrogens with one attached hydrogen (secondary N) is 1. The summed E-state index contributed by atoms with van der Waals surface area (Å²) in [7, 11) is 3.38. The number of carbonyl (C=O) groups is 2. The van der Waals surface area contributed by atoms with Crippen LogP contribution in [-0.2, 0) is 4.79 Å². The van der Waals surface area contributed by atoms with Crippen LogP contribution in [0, 0.1) is 5.95 Å². The van der Waals surface area contributed by atoms with Crippen molar-refractivity contribution >= 4 is 40.5 Å². The maximum Gasteiger partial charge on any atom is 0.252 e. The van der Waals surface area contributed by atoms with E-state index in [0.29, 0.717) is 23.7 Å². The number of anilines is 5. The second-order valence-corrected chi connectivity index (χ2v) is 6.81. The van der Waals surface area contributed by atoms with E-state index >= 15 is 0 Å². The van der Waals surface area contributed by atoms with E-state index in [-0.39, 0.29) is 11.5 Å². The molecule has 0 saturated heterocycles. The number of carbonyl (C=O) groups excluding carboxylic acids is 2. The first kappa shape index (κ1) is 21.7.